The van der Waals surface area contributed by atoms with E-state index in [1.54, 1.807) is 19.2 Å². The summed E-state index contributed by atoms with van der Waals surface area (Å²) in [7, 11) is 1.64. The minimum Gasteiger partial charge on any atom is -0.383 e. The third kappa shape index (κ3) is 5.66. The molecule has 35 heavy (non-hydrogen) atoms. The quantitative estimate of drug-likeness (QED) is 0.504. The Morgan fingerprint density at radius 1 is 1.20 bits per heavy atom. The molecule has 0 aliphatic carbocycles. The number of hydrogen-bond donors (Lipinski definition) is 2. The zero-order valence-corrected chi connectivity index (χ0v) is 20.9. The summed E-state index contributed by atoms with van der Waals surface area (Å²) >= 11 is 0. The number of nitrogens with two attached hydrogens (primary N) is 1. The average molecular weight is 503 g/mol. The zero-order chi connectivity index (χ0) is 24.2. The molecule has 1 fully saturated rings. The van der Waals surface area contributed by atoms with Crippen LogP contribution in [0.5, 0.6) is 0 Å². The van der Waals surface area contributed by atoms with Crippen LogP contribution in [0.1, 0.15) is 47.2 Å². The second-order valence-corrected chi connectivity index (χ2v) is 8.74. The molecule has 188 valence electrons. The number of methoxy groups -OCH3 is 1. The van der Waals surface area contributed by atoms with Crippen LogP contribution in [0.15, 0.2) is 42.6 Å². The molecule has 1 aromatic heterocycles. The molecule has 0 unspecified atom stereocenters. The maximum Gasteiger partial charge on any atom is 0.256 e. The highest BCUT2D eigenvalue weighted by molar-refractivity contribution is 6.13. The van der Waals surface area contributed by atoms with Crippen LogP contribution in [-0.2, 0) is 22.6 Å². The topological polar surface area (TPSA) is 89.6 Å². The van der Waals surface area contributed by atoms with Crippen molar-refractivity contribution in [3.8, 4) is 0 Å². The third-order valence-electron chi connectivity index (χ3n) is 6.50. The Morgan fingerprint density at radius 3 is 2.60 bits per heavy atom. The molecule has 7 nitrogen and oxygen atoms in total. The SMILES string of the molecule is COCCn1cc(C(=O)N2CCC(c3cc(CN)ccc3F)CC2)c2c(NC(C)=O)cccc21.Cl. The summed E-state index contributed by atoms with van der Waals surface area (Å²) in [5.74, 6) is -0.455. The second-order valence-electron chi connectivity index (χ2n) is 8.74. The van der Waals surface area contributed by atoms with Crippen LogP contribution in [0.4, 0.5) is 10.1 Å². The van der Waals surface area contributed by atoms with E-state index in [1.807, 2.05) is 33.9 Å². The summed E-state index contributed by atoms with van der Waals surface area (Å²) in [5, 5.41) is 3.58. The molecule has 3 N–H and O–H groups in total. The van der Waals surface area contributed by atoms with Gasteiger partial charge in [0.15, 0.2) is 0 Å². The first-order chi connectivity index (χ1) is 16.4. The van der Waals surface area contributed by atoms with Gasteiger partial charge in [0, 0.05) is 51.8 Å². The second kappa shape index (κ2) is 11.7. The highest BCUT2D eigenvalue weighted by Gasteiger charge is 2.28. The van der Waals surface area contributed by atoms with E-state index in [2.05, 4.69) is 5.32 Å². The molecule has 4 rings (SSSR count). The number of hydrogen-bond acceptors (Lipinski definition) is 4. The fourth-order valence-electron chi connectivity index (χ4n) is 4.78. The first-order valence-corrected chi connectivity index (χ1v) is 11.6. The van der Waals surface area contributed by atoms with Gasteiger partial charge in [0.1, 0.15) is 5.82 Å². The normalized spacial score (nSPS) is 14.1. The van der Waals surface area contributed by atoms with Crippen LogP contribution in [0.2, 0.25) is 0 Å². The molecule has 2 aromatic carbocycles. The number of nitrogens with one attached hydrogen (secondary N) is 1. The van der Waals surface area contributed by atoms with E-state index in [4.69, 9.17) is 10.5 Å². The third-order valence-corrected chi connectivity index (χ3v) is 6.50. The van der Waals surface area contributed by atoms with Gasteiger partial charge in [-0.1, -0.05) is 18.2 Å². The zero-order valence-electron chi connectivity index (χ0n) is 20.1. The number of carbonyl (C=O) groups is 2. The lowest BCUT2D eigenvalue weighted by Gasteiger charge is -2.32. The Kier molecular flexibility index (Phi) is 8.88. The van der Waals surface area contributed by atoms with E-state index < -0.39 is 0 Å². The van der Waals surface area contributed by atoms with Gasteiger partial charge < -0.3 is 25.3 Å². The van der Waals surface area contributed by atoms with Crippen molar-refractivity contribution in [2.75, 3.05) is 32.1 Å². The molecule has 1 aliphatic heterocycles. The van der Waals surface area contributed by atoms with E-state index >= 15 is 0 Å². The Bertz CT molecular complexity index is 1200. The van der Waals surface area contributed by atoms with Gasteiger partial charge in [0.2, 0.25) is 5.91 Å². The molecule has 0 radical (unpaired) electrons. The van der Waals surface area contributed by atoms with Gasteiger partial charge in [-0.15, -0.1) is 12.4 Å². The highest BCUT2D eigenvalue weighted by atomic mass is 35.5. The van der Waals surface area contributed by atoms with Crippen molar-refractivity contribution in [3.63, 3.8) is 0 Å². The lowest BCUT2D eigenvalue weighted by molar-refractivity contribution is -0.114. The predicted molar refractivity (Wildman–Crippen MR) is 138 cm³/mol. The van der Waals surface area contributed by atoms with Crippen molar-refractivity contribution in [2.45, 2.75) is 38.8 Å². The number of anilines is 1. The molecule has 3 aromatic rings. The predicted octanol–water partition coefficient (Wildman–Crippen LogP) is 4.29. The van der Waals surface area contributed by atoms with E-state index in [-0.39, 0.29) is 36.0 Å². The van der Waals surface area contributed by atoms with E-state index in [1.165, 1.54) is 13.0 Å². The number of benzene rings is 2. The molecule has 2 heterocycles. The highest BCUT2D eigenvalue weighted by Crippen LogP contribution is 2.34. The fraction of sp³-hybridized carbons (Fsp3) is 0.385. The standard InChI is InChI=1S/C26H31FN4O3.ClH/c1-17(32)29-23-4-3-5-24-25(23)21(16-31(24)12-13-34-2)26(33)30-10-8-19(9-11-30)20-14-18(15-28)6-7-22(20)27;/h3-7,14,16,19H,8-13,15,28H2,1-2H3,(H,29,32);1H. The number of amides is 2. The molecule has 0 spiro atoms. The Balaban J connectivity index is 0.00000342. The Morgan fingerprint density at radius 2 is 1.94 bits per heavy atom. The lowest BCUT2D eigenvalue weighted by Crippen LogP contribution is -2.38. The molecule has 2 amide bonds. The number of rotatable bonds is 7. The number of fused-ring (bicyclic) bond motifs is 1. The van der Waals surface area contributed by atoms with Gasteiger partial charge in [0.25, 0.3) is 5.91 Å². The van der Waals surface area contributed by atoms with Crippen LogP contribution in [-0.4, -0.2) is 48.1 Å². The number of likely N-dealkylation sites (tertiary alicyclic amines) is 1. The lowest BCUT2D eigenvalue weighted by atomic mass is 9.88. The summed E-state index contributed by atoms with van der Waals surface area (Å²) in [4.78, 5) is 27.2. The molecule has 0 bridgehead atoms. The van der Waals surface area contributed by atoms with Crippen LogP contribution in [0.25, 0.3) is 10.9 Å². The van der Waals surface area contributed by atoms with E-state index in [0.29, 0.717) is 62.4 Å². The Labute approximate surface area is 210 Å². The van der Waals surface area contributed by atoms with Gasteiger partial charge in [0.05, 0.1) is 23.4 Å². The Hall–Kier alpha value is -2.94. The molecule has 1 aliphatic rings. The van der Waals surface area contributed by atoms with Crippen molar-refractivity contribution in [1.29, 1.82) is 0 Å². The van der Waals surface area contributed by atoms with Gasteiger partial charge in [-0.05, 0) is 48.1 Å². The first-order valence-electron chi connectivity index (χ1n) is 11.6. The number of nitrogens with zero attached hydrogens (tertiary/aromatic N) is 2. The number of halogens is 2. The number of carbonyl (C=O) groups excluding carboxylic acids is 2. The van der Waals surface area contributed by atoms with Crippen LogP contribution >= 0.6 is 12.4 Å². The fourth-order valence-corrected chi connectivity index (χ4v) is 4.78. The van der Waals surface area contributed by atoms with Crippen LogP contribution in [0.3, 0.4) is 0 Å². The van der Waals surface area contributed by atoms with Crippen molar-refractivity contribution < 1.29 is 18.7 Å². The van der Waals surface area contributed by atoms with E-state index in [9.17, 15) is 14.0 Å². The summed E-state index contributed by atoms with van der Waals surface area (Å²) in [6.45, 7) is 3.97. The summed E-state index contributed by atoms with van der Waals surface area (Å²) in [6.07, 6.45) is 3.20. The summed E-state index contributed by atoms with van der Waals surface area (Å²) in [6, 6.07) is 10.6. The van der Waals surface area contributed by atoms with Gasteiger partial charge in [-0.25, -0.2) is 4.39 Å². The van der Waals surface area contributed by atoms with E-state index in [0.717, 1.165) is 16.5 Å². The van der Waals surface area contributed by atoms with Crippen LogP contribution in [0, 0.1) is 5.82 Å². The van der Waals surface area contributed by atoms with Crippen molar-refractivity contribution >= 4 is 40.8 Å². The molecule has 1 saturated heterocycles. The molecule has 9 heteroatoms. The van der Waals surface area contributed by atoms with Crippen molar-refractivity contribution in [2.24, 2.45) is 5.73 Å². The first kappa shape index (κ1) is 26.7. The number of aromatic nitrogens is 1. The largest absolute Gasteiger partial charge is 0.383 e. The maximum atomic E-state index is 14.5. The summed E-state index contributed by atoms with van der Waals surface area (Å²) in [5.41, 5.74) is 9.34. The van der Waals surface area contributed by atoms with Crippen molar-refractivity contribution in [1.82, 2.24) is 9.47 Å². The number of piperidine rings is 1. The van der Waals surface area contributed by atoms with Crippen LogP contribution < -0.4 is 11.1 Å². The minimum atomic E-state index is -0.219. The molecular formula is C26H32ClFN4O3. The van der Waals surface area contributed by atoms with Crippen molar-refractivity contribution in [3.05, 3.63) is 65.1 Å². The monoisotopic (exact) mass is 502 g/mol. The summed E-state index contributed by atoms with van der Waals surface area (Å²) < 4.78 is 21.7. The van der Waals surface area contributed by atoms with Gasteiger partial charge >= 0.3 is 0 Å². The molecule has 0 atom stereocenters. The molecular weight excluding hydrogens is 471 g/mol. The number of ether oxygens (including phenoxy) is 1. The average Bonchev–Trinajstić information content (AvgIpc) is 3.22. The maximum absolute atomic E-state index is 14.5. The smallest absolute Gasteiger partial charge is 0.256 e. The molecule has 0 saturated carbocycles. The van der Waals surface area contributed by atoms with Gasteiger partial charge in [-0.3, -0.25) is 9.59 Å². The minimum absolute atomic E-state index is 0. The van der Waals surface area contributed by atoms with Gasteiger partial charge in [-0.2, -0.15) is 0 Å².